The van der Waals surface area contributed by atoms with E-state index in [1.165, 1.54) is 0 Å². The lowest BCUT2D eigenvalue weighted by atomic mass is 9.84. The summed E-state index contributed by atoms with van der Waals surface area (Å²) in [5, 5.41) is 9.77. The highest BCUT2D eigenvalue weighted by Crippen LogP contribution is 2.25. The molecule has 0 aromatic carbocycles. The second-order valence-electron chi connectivity index (χ2n) is 6.72. The van der Waals surface area contributed by atoms with E-state index in [4.69, 9.17) is 0 Å². The van der Waals surface area contributed by atoms with E-state index in [1.54, 1.807) is 0 Å². The number of hydrogen-bond donors (Lipinski definition) is 2. The molecule has 0 rings (SSSR count). The van der Waals surface area contributed by atoms with Crippen LogP contribution >= 0.6 is 0 Å². The third-order valence-corrected chi connectivity index (χ3v) is 4.44. The van der Waals surface area contributed by atoms with E-state index in [9.17, 15) is 9.32 Å². The van der Waals surface area contributed by atoms with Crippen molar-refractivity contribution in [3.8, 4) is 0 Å². The van der Waals surface area contributed by atoms with Crippen LogP contribution in [0.3, 0.4) is 0 Å². The molecule has 0 spiro atoms. The molecule has 3 nitrogen and oxygen atoms in total. The van der Waals surface area contributed by atoms with Crippen molar-refractivity contribution < 1.29 is 9.32 Å². The zero-order chi connectivity index (χ0) is 13.9. The van der Waals surface area contributed by atoms with Crippen molar-refractivity contribution in [2.45, 2.75) is 78.2 Å². The first kappa shape index (κ1) is 17.1. The Bertz CT molecular complexity index is 253. The molecule has 104 valence electrons. The largest absolute Gasteiger partial charge is 0.393 e. The average molecular weight is 263 g/mol. The lowest BCUT2D eigenvalue weighted by Gasteiger charge is -2.34. The molecule has 17 heavy (non-hydrogen) atoms. The number of rotatable bonds is 5. The van der Waals surface area contributed by atoms with Crippen LogP contribution in [0.5, 0.6) is 0 Å². The minimum atomic E-state index is -1.09. The molecule has 0 aliphatic heterocycles. The fourth-order valence-electron chi connectivity index (χ4n) is 1.32. The van der Waals surface area contributed by atoms with E-state index in [0.717, 1.165) is 6.42 Å². The third-order valence-electron chi connectivity index (χ3n) is 2.83. The maximum Gasteiger partial charge on any atom is 0.0972 e. The van der Waals surface area contributed by atoms with Gasteiger partial charge in [0, 0.05) is 6.04 Å². The van der Waals surface area contributed by atoms with E-state index >= 15 is 0 Å². The van der Waals surface area contributed by atoms with Crippen LogP contribution in [0, 0.1) is 5.41 Å². The summed E-state index contributed by atoms with van der Waals surface area (Å²) >= 11 is 0. The van der Waals surface area contributed by atoms with Gasteiger partial charge in [0.2, 0.25) is 0 Å². The van der Waals surface area contributed by atoms with E-state index < -0.39 is 11.0 Å². The highest BCUT2D eigenvalue weighted by molar-refractivity contribution is 7.84. The van der Waals surface area contributed by atoms with Crippen molar-refractivity contribution in [1.29, 1.82) is 0 Å². The lowest BCUT2D eigenvalue weighted by Crippen LogP contribution is -2.47. The highest BCUT2D eigenvalue weighted by Gasteiger charge is 2.31. The maximum absolute atomic E-state index is 12.1. The van der Waals surface area contributed by atoms with Crippen LogP contribution in [-0.4, -0.2) is 26.2 Å². The first-order valence-electron chi connectivity index (χ1n) is 6.34. The Kier molecular flexibility index (Phi) is 6.33. The van der Waals surface area contributed by atoms with Gasteiger partial charge in [-0.1, -0.05) is 27.7 Å². The molecular formula is C13H29NO2S. The molecule has 0 heterocycles. The molecule has 0 amide bonds. The third kappa shape index (κ3) is 6.53. The number of aliphatic hydroxyl groups is 1. The minimum absolute atomic E-state index is 0.0168. The summed E-state index contributed by atoms with van der Waals surface area (Å²) in [7, 11) is -1.09. The molecule has 0 unspecified atom stereocenters. The molecule has 0 saturated carbocycles. The van der Waals surface area contributed by atoms with Gasteiger partial charge in [0.25, 0.3) is 0 Å². The summed E-state index contributed by atoms with van der Waals surface area (Å²) in [6, 6.07) is 0.0532. The Labute approximate surface area is 109 Å². The molecular weight excluding hydrogens is 234 g/mol. The summed E-state index contributed by atoms with van der Waals surface area (Å²) in [5.74, 6) is 0. The van der Waals surface area contributed by atoms with Crippen LogP contribution in [-0.2, 0) is 11.0 Å². The van der Waals surface area contributed by atoms with Gasteiger partial charge in [-0.2, -0.15) is 0 Å². The maximum atomic E-state index is 12.1. The van der Waals surface area contributed by atoms with Crippen LogP contribution in [0.15, 0.2) is 0 Å². The highest BCUT2D eigenvalue weighted by atomic mass is 32.2. The van der Waals surface area contributed by atoms with Crippen LogP contribution in [0.4, 0.5) is 0 Å². The van der Waals surface area contributed by atoms with Gasteiger partial charge in [0.05, 0.1) is 21.8 Å². The summed E-state index contributed by atoms with van der Waals surface area (Å²) in [4.78, 5) is 0. The summed E-state index contributed by atoms with van der Waals surface area (Å²) in [5.41, 5.74) is -0.0168. The van der Waals surface area contributed by atoms with Crippen molar-refractivity contribution in [2.24, 2.45) is 5.41 Å². The first-order valence-corrected chi connectivity index (χ1v) is 7.49. The smallest absolute Gasteiger partial charge is 0.0972 e. The van der Waals surface area contributed by atoms with Gasteiger partial charge in [-0.3, -0.25) is 0 Å². The van der Waals surface area contributed by atoms with Crippen LogP contribution in [0.25, 0.3) is 0 Å². The van der Waals surface area contributed by atoms with Crippen LogP contribution < -0.4 is 4.72 Å². The minimum Gasteiger partial charge on any atom is -0.393 e. The molecule has 0 aliphatic rings. The van der Waals surface area contributed by atoms with Crippen molar-refractivity contribution >= 4 is 11.0 Å². The molecule has 0 saturated heterocycles. The van der Waals surface area contributed by atoms with Crippen molar-refractivity contribution in [3.05, 3.63) is 0 Å². The second-order valence-corrected chi connectivity index (χ2v) is 8.71. The molecule has 2 N–H and O–H groups in total. The zero-order valence-electron chi connectivity index (χ0n) is 12.3. The van der Waals surface area contributed by atoms with Gasteiger partial charge in [0.15, 0.2) is 0 Å². The summed E-state index contributed by atoms with van der Waals surface area (Å²) < 4.78 is 15.0. The topological polar surface area (TPSA) is 49.3 Å². The molecule has 0 aromatic heterocycles. The van der Waals surface area contributed by atoms with Gasteiger partial charge >= 0.3 is 0 Å². The van der Waals surface area contributed by atoms with Gasteiger partial charge in [-0.15, -0.1) is 0 Å². The Morgan fingerprint density at radius 2 is 1.65 bits per heavy atom. The standard InChI is InChI=1S/C13H29NO2S/c1-8-10(15)9-11(12(2,3)4)14-17(16)13(5,6)7/h10-11,14-15H,8-9H2,1-7H3/t10-,11-,17+/m1/s1. The normalized spacial score (nSPS) is 18.8. The molecule has 0 aromatic rings. The second kappa shape index (κ2) is 6.30. The Balaban J connectivity index is 4.68. The van der Waals surface area contributed by atoms with Crippen molar-refractivity contribution in [2.75, 3.05) is 0 Å². The predicted molar refractivity (Wildman–Crippen MR) is 75.2 cm³/mol. The average Bonchev–Trinajstić information content (AvgIpc) is 2.13. The summed E-state index contributed by atoms with van der Waals surface area (Å²) in [6.07, 6.45) is 1.04. The molecule has 0 aliphatic carbocycles. The predicted octanol–water partition coefficient (Wildman–Crippen LogP) is 2.61. The van der Waals surface area contributed by atoms with Gasteiger partial charge in [0.1, 0.15) is 0 Å². The van der Waals surface area contributed by atoms with Gasteiger partial charge < -0.3 is 5.11 Å². The molecule has 3 atom stereocenters. The number of aliphatic hydroxyl groups excluding tert-OH is 1. The molecule has 4 heteroatoms. The quantitative estimate of drug-likeness (QED) is 0.801. The molecule has 0 radical (unpaired) electrons. The van der Waals surface area contributed by atoms with E-state index in [0.29, 0.717) is 6.42 Å². The van der Waals surface area contributed by atoms with Crippen LogP contribution in [0.1, 0.15) is 61.3 Å². The zero-order valence-corrected chi connectivity index (χ0v) is 13.1. The van der Waals surface area contributed by atoms with Crippen molar-refractivity contribution in [1.82, 2.24) is 4.72 Å². The summed E-state index contributed by atoms with van der Waals surface area (Å²) in [6.45, 7) is 14.1. The van der Waals surface area contributed by atoms with Crippen LogP contribution in [0.2, 0.25) is 0 Å². The molecule has 0 bridgehead atoms. The first-order chi connectivity index (χ1) is 7.48. The fourth-order valence-corrected chi connectivity index (χ4v) is 2.38. The van der Waals surface area contributed by atoms with Gasteiger partial charge in [-0.05, 0) is 39.0 Å². The van der Waals surface area contributed by atoms with E-state index in [-0.39, 0.29) is 22.3 Å². The SMILES string of the molecule is CC[C@@H](O)C[C@@H](N[S@@](=O)C(C)(C)C)C(C)(C)C. The Morgan fingerprint density at radius 1 is 1.18 bits per heavy atom. The molecule has 0 fully saturated rings. The Hall–Kier alpha value is 0.0700. The lowest BCUT2D eigenvalue weighted by molar-refractivity contribution is 0.124. The van der Waals surface area contributed by atoms with Crippen molar-refractivity contribution in [3.63, 3.8) is 0 Å². The number of nitrogens with one attached hydrogen (secondary N) is 1. The van der Waals surface area contributed by atoms with E-state index in [1.807, 2.05) is 27.7 Å². The van der Waals surface area contributed by atoms with Gasteiger partial charge in [-0.25, -0.2) is 8.93 Å². The number of hydrogen-bond acceptors (Lipinski definition) is 2. The van der Waals surface area contributed by atoms with E-state index in [2.05, 4.69) is 25.5 Å². The fraction of sp³-hybridized carbons (Fsp3) is 1.00. The Morgan fingerprint density at radius 3 is 1.94 bits per heavy atom. The monoisotopic (exact) mass is 263 g/mol.